The van der Waals surface area contributed by atoms with Crippen LogP contribution in [0.25, 0.3) is 0 Å². The van der Waals surface area contributed by atoms with Crippen molar-refractivity contribution < 1.29 is 28.8 Å². The first-order valence-corrected chi connectivity index (χ1v) is 13.3. The summed E-state index contributed by atoms with van der Waals surface area (Å²) in [6.07, 6.45) is 5.42. The Kier molecular flexibility index (Phi) is 11.9. The van der Waals surface area contributed by atoms with Crippen molar-refractivity contribution in [2.45, 2.75) is 65.6 Å². The fraction of sp³-hybridized carbons (Fsp3) is 0.357. The van der Waals surface area contributed by atoms with Crippen molar-refractivity contribution in [2.24, 2.45) is 0 Å². The van der Waals surface area contributed by atoms with E-state index in [9.17, 15) is 14.4 Å². The molecule has 0 bridgehead atoms. The van der Waals surface area contributed by atoms with E-state index < -0.39 is 13.1 Å². The van der Waals surface area contributed by atoms with Crippen LogP contribution in [0.15, 0.2) is 55.0 Å². The van der Waals surface area contributed by atoms with E-state index in [-0.39, 0.29) is 28.5 Å². The van der Waals surface area contributed by atoms with E-state index in [0.29, 0.717) is 34.3 Å². The number of aromatic carboxylic acids is 1. The number of carboxylic acid groups (broad SMARTS) is 1. The standard InChI is InChI=1S/C14H20BNO3.C8H8ClNO.C6H4ClNO2/c1-6-12(17)11-9-10(7-8-16-11)15-18-13(2,3)14(4,5)19-15;1-2-8(11)7-5-6(9)3-4-10-7;7-4-1-2-8-5(3-4)6(9)10/h7-9H,6H2,1-5H3;3-5H,2H2,1H3;1-3H,(H,9,10). The molecule has 0 atom stereocenters. The van der Waals surface area contributed by atoms with Gasteiger partial charge < -0.3 is 14.4 Å². The summed E-state index contributed by atoms with van der Waals surface area (Å²) in [5, 5.41) is 9.32. The number of carbonyl (C=O) groups is 3. The molecule has 0 amide bonds. The molecule has 1 aliphatic rings. The first-order chi connectivity index (χ1) is 18.7. The minimum absolute atomic E-state index is 0.0208. The van der Waals surface area contributed by atoms with E-state index in [1.807, 2.05) is 40.7 Å². The summed E-state index contributed by atoms with van der Waals surface area (Å²) in [5.74, 6) is -1.02. The van der Waals surface area contributed by atoms with Crippen molar-refractivity contribution >= 4 is 53.3 Å². The second kappa shape index (κ2) is 14.5. The van der Waals surface area contributed by atoms with Crippen molar-refractivity contribution in [3.8, 4) is 0 Å². The minimum Gasteiger partial charge on any atom is -0.477 e. The smallest absolute Gasteiger partial charge is 0.477 e. The molecule has 12 heteroatoms. The molecular weight excluding hydrogens is 556 g/mol. The highest BCUT2D eigenvalue weighted by Gasteiger charge is 2.51. The van der Waals surface area contributed by atoms with Crippen molar-refractivity contribution in [3.63, 3.8) is 0 Å². The average molecular weight is 588 g/mol. The zero-order valence-corrected chi connectivity index (χ0v) is 24.8. The second-order valence-corrected chi connectivity index (χ2v) is 10.5. The Bertz CT molecular complexity index is 1340. The first-order valence-electron chi connectivity index (χ1n) is 12.5. The van der Waals surface area contributed by atoms with Gasteiger partial charge in [0.05, 0.1) is 11.2 Å². The quantitative estimate of drug-likeness (QED) is 0.283. The largest absolute Gasteiger partial charge is 0.494 e. The molecule has 1 saturated heterocycles. The van der Waals surface area contributed by atoms with Gasteiger partial charge in [0.25, 0.3) is 0 Å². The summed E-state index contributed by atoms with van der Waals surface area (Å²) in [4.78, 5) is 44.5. The number of halogens is 2. The summed E-state index contributed by atoms with van der Waals surface area (Å²) in [6, 6.07) is 9.63. The van der Waals surface area contributed by atoms with E-state index in [1.54, 1.807) is 31.3 Å². The third-order valence-electron chi connectivity index (χ3n) is 6.19. The highest BCUT2D eigenvalue weighted by Crippen LogP contribution is 2.36. The van der Waals surface area contributed by atoms with E-state index in [2.05, 4.69) is 15.0 Å². The Balaban J connectivity index is 0.000000228. The lowest BCUT2D eigenvalue weighted by Crippen LogP contribution is -2.41. The van der Waals surface area contributed by atoms with Crippen LogP contribution in [-0.2, 0) is 9.31 Å². The predicted octanol–water partition coefficient (Wildman–Crippen LogP) is 5.73. The Morgan fingerprint density at radius 2 is 1.15 bits per heavy atom. The van der Waals surface area contributed by atoms with Gasteiger partial charge in [0.1, 0.15) is 17.1 Å². The number of ketones is 2. The van der Waals surface area contributed by atoms with Gasteiger partial charge in [-0.1, -0.05) is 37.0 Å². The second-order valence-electron chi connectivity index (χ2n) is 9.64. The van der Waals surface area contributed by atoms with Crippen molar-refractivity contribution in [1.29, 1.82) is 0 Å². The minimum atomic E-state index is -1.07. The number of pyridine rings is 3. The van der Waals surface area contributed by atoms with Gasteiger partial charge in [-0.05, 0) is 69.6 Å². The SMILES string of the molecule is CCC(=O)c1cc(B2OC(C)(C)C(C)(C)O2)ccn1.CCC(=O)c1cc(Cl)ccn1.O=C(O)c1cc(Cl)ccn1. The predicted molar refractivity (Wildman–Crippen MR) is 155 cm³/mol. The first kappa shape index (κ1) is 33.0. The van der Waals surface area contributed by atoms with Crippen LogP contribution in [0.1, 0.15) is 85.8 Å². The lowest BCUT2D eigenvalue weighted by molar-refractivity contribution is 0.00578. The third kappa shape index (κ3) is 9.20. The lowest BCUT2D eigenvalue weighted by Gasteiger charge is -2.32. The Morgan fingerprint density at radius 1 is 0.750 bits per heavy atom. The number of Topliss-reactive ketones (excluding diaryl/α,β-unsaturated/α-hetero) is 2. The Labute approximate surface area is 244 Å². The third-order valence-corrected chi connectivity index (χ3v) is 6.66. The van der Waals surface area contributed by atoms with Crippen LogP contribution in [0.4, 0.5) is 0 Å². The summed E-state index contributed by atoms with van der Waals surface area (Å²) in [5.41, 5.74) is 0.957. The maximum absolute atomic E-state index is 11.7. The van der Waals surface area contributed by atoms with Gasteiger partial charge in [0, 0.05) is 41.5 Å². The van der Waals surface area contributed by atoms with Crippen LogP contribution >= 0.6 is 23.2 Å². The van der Waals surface area contributed by atoms with Crippen LogP contribution in [0, 0.1) is 0 Å². The molecule has 1 aliphatic heterocycles. The van der Waals surface area contributed by atoms with Gasteiger partial charge in [-0.2, -0.15) is 0 Å². The topological polar surface area (TPSA) is 129 Å². The van der Waals surface area contributed by atoms with Crippen LogP contribution in [0.2, 0.25) is 10.0 Å². The zero-order chi connectivity index (χ0) is 30.1. The summed E-state index contributed by atoms with van der Waals surface area (Å²) in [6.45, 7) is 11.6. The normalized spacial score (nSPS) is 14.8. The van der Waals surface area contributed by atoms with Gasteiger partial charge in [0.2, 0.25) is 0 Å². The molecule has 4 rings (SSSR count). The number of hydrogen-bond donors (Lipinski definition) is 1. The maximum atomic E-state index is 11.7. The molecule has 0 unspecified atom stereocenters. The fourth-order valence-electron chi connectivity index (χ4n) is 3.17. The van der Waals surface area contributed by atoms with E-state index >= 15 is 0 Å². The molecular formula is C28H32BCl2N3O6. The molecule has 0 radical (unpaired) electrons. The zero-order valence-electron chi connectivity index (χ0n) is 23.3. The van der Waals surface area contributed by atoms with Crippen molar-refractivity contribution in [2.75, 3.05) is 0 Å². The fourth-order valence-corrected chi connectivity index (χ4v) is 3.49. The lowest BCUT2D eigenvalue weighted by atomic mass is 9.79. The molecule has 0 saturated carbocycles. The molecule has 9 nitrogen and oxygen atoms in total. The van der Waals surface area contributed by atoms with Crippen molar-refractivity contribution in [3.05, 3.63) is 82.1 Å². The van der Waals surface area contributed by atoms with Crippen LogP contribution < -0.4 is 5.46 Å². The summed E-state index contributed by atoms with van der Waals surface area (Å²) in [7, 11) is -0.448. The molecule has 40 heavy (non-hydrogen) atoms. The number of carbonyl (C=O) groups excluding carboxylic acids is 2. The van der Waals surface area contributed by atoms with E-state index in [1.165, 1.54) is 24.5 Å². The maximum Gasteiger partial charge on any atom is 0.494 e. The number of carboxylic acids is 1. The van der Waals surface area contributed by atoms with Gasteiger partial charge in [-0.15, -0.1) is 0 Å². The van der Waals surface area contributed by atoms with Crippen molar-refractivity contribution in [1.82, 2.24) is 15.0 Å². The molecule has 0 spiro atoms. The molecule has 212 valence electrons. The van der Waals surface area contributed by atoms with E-state index in [4.69, 9.17) is 37.6 Å². The monoisotopic (exact) mass is 587 g/mol. The number of aromatic nitrogens is 3. The van der Waals surface area contributed by atoms with Crippen LogP contribution in [0.3, 0.4) is 0 Å². The molecule has 3 aromatic rings. The molecule has 0 aliphatic carbocycles. The summed E-state index contributed by atoms with van der Waals surface area (Å²) < 4.78 is 11.9. The molecule has 4 heterocycles. The molecule has 1 fully saturated rings. The van der Waals surface area contributed by atoms with Gasteiger partial charge in [-0.3, -0.25) is 19.6 Å². The Morgan fingerprint density at radius 3 is 1.55 bits per heavy atom. The molecule has 0 aromatic carbocycles. The van der Waals surface area contributed by atoms with Crippen LogP contribution in [-0.4, -0.2) is 55.9 Å². The molecule has 3 aromatic heterocycles. The molecule has 1 N–H and O–H groups in total. The van der Waals surface area contributed by atoms with Gasteiger partial charge in [-0.25, -0.2) is 9.78 Å². The van der Waals surface area contributed by atoms with Crippen LogP contribution in [0.5, 0.6) is 0 Å². The Hall–Kier alpha value is -3.18. The average Bonchev–Trinajstić information content (AvgIpc) is 3.15. The van der Waals surface area contributed by atoms with Gasteiger partial charge >= 0.3 is 13.1 Å². The summed E-state index contributed by atoms with van der Waals surface area (Å²) >= 11 is 11.1. The number of nitrogens with zero attached hydrogens (tertiary/aromatic N) is 3. The highest BCUT2D eigenvalue weighted by molar-refractivity contribution is 6.62. The number of hydrogen-bond acceptors (Lipinski definition) is 8. The highest BCUT2D eigenvalue weighted by atomic mass is 35.5. The van der Waals surface area contributed by atoms with E-state index in [0.717, 1.165) is 5.46 Å². The van der Waals surface area contributed by atoms with Gasteiger partial charge in [0.15, 0.2) is 11.6 Å². The number of rotatable bonds is 6.